The van der Waals surface area contributed by atoms with Crippen LogP contribution in [0.25, 0.3) is 0 Å². The molecule has 2 rings (SSSR count). The molecule has 0 unspecified atom stereocenters. The molecule has 0 saturated carbocycles. The molecular weight excluding hydrogens is 222 g/mol. The molecule has 0 atom stereocenters. The van der Waals surface area contributed by atoms with E-state index in [1.165, 1.54) is 0 Å². The fourth-order valence-electron chi connectivity index (χ4n) is 1.93. The van der Waals surface area contributed by atoms with Crippen LogP contribution >= 0.6 is 0 Å². The summed E-state index contributed by atoms with van der Waals surface area (Å²) >= 11 is 0. The van der Waals surface area contributed by atoms with Gasteiger partial charge in [-0.2, -0.15) is 0 Å². The standard InChI is InChI=1S/C11H11F4N/c12-7-6-8(10(14)11(15)9(7)13)16-4-2-1-3-5-16/h6H,1-5H2. The Bertz CT molecular complexity index is 399. The molecule has 0 aromatic heterocycles. The van der Waals surface area contributed by atoms with Gasteiger partial charge in [0.2, 0.25) is 0 Å². The van der Waals surface area contributed by atoms with Gasteiger partial charge in [-0.25, -0.2) is 17.6 Å². The van der Waals surface area contributed by atoms with Crippen LogP contribution in [0.5, 0.6) is 0 Å². The summed E-state index contributed by atoms with van der Waals surface area (Å²) in [6, 6.07) is 0.721. The third-order valence-electron chi connectivity index (χ3n) is 2.78. The highest BCUT2D eigenvalue weighted by molar-refractivity contribution is 5.49. The van der Waals surface area contributed by atoms with Gasteiger partial charge in [-0.3, -0.25) is 0 Å². The van der Waals surface area contributed by atoms with E-state index < -0.39 is 23.3 Å². The van der Waals surface area contributed by atoms with E-state index in [0.717, 1.165) is 25.3 Å². The van der Waals surface area contributed by atoms with Gasteiger partial charge in [0.25, 0.3) is 0 Å². The summed E-state index contributed by atoms with van der Waals surface area (Å²) in [4.78, 5) is 1.55. The SMILES string of the molecule is Fc1cc(N2CCCCC2)c(F)c(F)c1F. The normalized spacial score (nSPS) is 16.6. The van der Waals surface area contributed by atoms with E-state index in [-0.39, 0.29) is 5.69 Å². The number of hydrogen-bond donors (Lipinski definition) is 0. The van der Waals surface area contributed by atoms with Crippen LogP contribution in [0.2, 0.25) is 0 Å². The van der Waals surface area contributed by atoms with E-state index in [1.807, 2.05) is 0 Å². The molecule has 1 aromatic carbocycles. The zero-order chi connectivity index (χ0) is 11.7. The Morgan fingerprint density at radius 2 is 1.44 bits per heavy atom. The van der Waals surface area contributed by atoms with Gasteiger partial charge in [0.05, 0.1) is 5.69 Å². The highest BCUT2D eigenvalue weighted by Crippen LogP contribution is 2.27. The summed E-state index contributed by atoms with van der Waals surface area (Å²) in [5.74, 6) is -6.14. The predicted octanol–water partition coefficient (Wildman–Crippen LogP) is 3.23. The van der Waals surface area contributed by atoms with Crippen molar-refractivity contribution in [1.29, 1.82) is 0 Å². The monoisotopic (exact) mass is 233 g/mol. The number of hydrogen-bond acceptors (Lipinski definition) is 1. The first-order valence-electron chi connectivity index (χ1n) is 5.19. The molecule has 0 amide bonds. The third kappa shape index (κ3) is 1.86. The first-order valence-corrected chi connectivity index (χ1v) is 5.19. The van der Waals surface area contributed by atoms with Crippen molar-refractivity contribution in [3.05, 3.63) is 29.3 Å². The van der Waals surface area contributed by atoms with Crippen molar-refractivity contribution < 1.29 is 17.6 Å². The Balaban J connectivity index is 2.40. The van der Waals surface area contributed by atoms with Crippen LogP contribution in [-0.4, -0.2) is 13.1 Å². The Morgan fingerprint density at radius 3 is 2.06 bits per heavy atom. The molecule has 1 aliphatic heterocycles. The molecule has 88 valence electrons. The topological polar surface area (TPSA) is 3.24 Å². The van der Waals surface area contributed by atoms with Crippen LogP contribution in [0.4, 0.5) is 23.2 Å². The van der Waals surface area contributed by atoms with Crippen molar-refractivity contribution in [2.75, 3.05) is 18.0 Å². The summed E-state index contributed by atoms with van der Waals surface area (Å²) in [6.07, 6.45) is 2.71. The number of rotatable bonds is 1. The quantitative estimate of drug-likeness (QED) is 0.409. The van der Waals surface area contributed by atoms with Crippen LogP contribution in [0.1, 0.15) is 19.3 Å². The highest BCUT2D eigenvalue weighted by atomic mass is 19.2. The maximum absolute atomic E-state index is 13.4. The van der Waals surface area contributed by atoms with Gasteiger partial charge in [0, 0.05) is 19.2 Å². The summed E-state index contributed by atoms with van der Waals surface area (Å²) < 4.78 is 52.1. The van der Waals surface area contributed by atoms with Gasteiger partial charge in [0.1, 0.15) is 0 Å². The van der Waals surface area contributed by atoms with E-state index >= 15 is 0 Å². The first-order chi connectivity index (χ1) is 7.61. The molecule has 16 heavy (non-hydrogen) atoms. The lowest BCUT2D eigenvalue weighted by molar-refractivity contribution is 0.407. The van der Waals surface area contributed by atoms with Crippen molar-refractivity contribution in [3.8, 4) is 0 Å². The molecule has 1 fully saturated rings. The lowest BCUT2D eigenvalue weighted by atomic mass is 10.1. The van der Waals surface area contributed by atoms with Gasteiger partial charge in [0.15, 0.2) is 23.3 Å². The second kappa shape index (κ2) is 4.31. The van der Waals surface area contributed by atoms with Gasteiger partial charge in [-0.1, -0.05) is 0 Å². The van der Waals surface area contributed by atoms with Crippen LogP contribution in [0.3, 0.4) is 0 Å². The Kier molecular flexibility index (Phi) is 3.03. The molecule has 1 aliphatic rings. The van der Waals surface area contributed by atoms with Crippen LogP contribution < -0.4 is 4.90 Å². The van der Waals surface area contributed by atoms with Crippen LogP contribution in [0, 0.1) is 23.3 Å². The smallest absolute Gasteiger partial charge is 0.199 e. The zero-order valence-corrected chi connectivity index (χ0v) is 8.57. The molecule has 1 saturated heterocycles. The summed E-state index contributed by atoms with van der Waals surface area (Å²) in [6.45, 7) is 1.09. The van der Waals surface area contributed by atoms with Crippen molar-refractivity contribution in [2.45, 2.75) is 19.3 Å². The van der Waals surface area contributed by atoms with Crippen LogP contribution in [0.15, 0.2) is 6.07 Å². The van der Waals surface area contributed by atoms with E-state index in [9.17, 15) is 17.6 Å². The fourth-order valence-corrected chi connectivity index (χ4v) is 1.93. The molecule has 0 radical (unpaired) electrons. The molecular formula is C11H11F4N. The molecule has 0 N–H and O–H groups in total. The number of nitrogens with zero attached hydrogens (tertiary/aromatic N) is 1. The lowest BCUT2D eigenvalue weighted by Crippen LogP contribution is -2.30. The maximum atomic E-state index is 13.4. The Hall–Kier alpha value is -1.26. The average Bonchev–Trinajstić information content (AvgIpc) is 2.32. The second-order valence-corrected chi connectivity index (χ2v) is 3.87. The molecule has 1 heterocycles. The second-order valence-electron chi connectivity index (χ2n) is 3.87. The molecule has 1 aromatic rings. The number of anilines is 1. The number of benzene rings is 1. The van der Waals surface area contributed by atoms with Crippen molar-refractivity contribution in [3.63, 3.8) is 0 Å². The van der Waals surface area contributed by atoms with Gasteiger partial charge >= 0.3 is 0 Å². The number of piperidine rings is 1. The Morgan fingerprint density at radius 1 is 0.812 bits per heavy atom. The number of halogens is 4. The summed E-state index contributed by atoms with van der Waals surface area (Å²) in [7, 11) is 0. The first kappa shape index (κ1) is 11.2. The predicted molar refractivity (Wildman–Crippen MR) is 52.3 cm³/mol. The molecule has 0 spiro atoms. The maximum Gasteiger partial charge on any atom is 0.199 e. The third-order valence-corrected chi connectivity index (χ3v) is 2.78. The minimum atomic E-state index is -1.75. The van der Waals surface area contributed by atoms with E-state index in [2.05, 4.69) is 0 Å². The highest BCUT2D eigenvalue weighted by Gasteiger charge is 2.23. The molecule has 0 aliphatic carbocycles. The molecule has 5 heteroatoms. The van der Waals surface area contributed by atoms with E-state index in [4.69, 9.17) is 0 Å². The minimum absolute atomic E-state index is 0.184. The van der Waals surface area contributed by atoms with Crippen molar-refractivity contribution in [1.82, 2.24) is 0 Å². The van der Waals surface area contributed by atoms with Crippen molar-refractivity contribution >= 4 is 5.69 Å². The summed E-state index contributed by atoms with van der Waals surface area (Å²) in [5.41, 5.74) is -0.184. The zero-order valence-electron chi connectivity index (χ0n) is 8.57. The largest absolute Gasteiger partial charge is 0.369 e. The summed E-state index contributed by atoms with van der Waals surface area (Å²) in [5, 5.41) is 0. The Labute approximate surface area is 90.7 Å². The molecule has 1 nitrogen and oxygen atoms in total. The van der Waals surface area contributed by atoms with Gasteiger partial charge in [-0.05, 0) is 19.3 Å². The van der Waals surface area contributed by atoms with E-state index in [0.29, 0.717) is 13.1 Å². The lowest BCUT2D eigenvalue weighted by Gasteiger charge is -2.29. The van der Waals surface area contributed by atoms with Gasteiger partial charge < -0.3 is 4.90 Å². The average molecular weight is 233 g/mol. The van der Waals surface area contributed by atoms with Crippen molar-refractivity contribution in [2.24, 2.45) is 0 Å². The van der Waals surface area contributed by atoms with E-state index in [1.54, 1.807) is 4.90 Å². The minimum Gasteiger partial charge on any atom is -0.369 e. The fraction of sp³-hybridized carbons (Fsp3) is 0.455. The molecule has 0 bridgehead atoms. The van der Waals surface area contributed by atoms with Crippen LogP contribution in [-0.2, 0) is 0 Å². The van der Waals surface area contributed by atoms with Gasteiger partial charge in [-0.15, -0.1) is 0 Å².